The van der Waals surface area contributed by atoms with Gasteiger partial charge in [0.2, 0.25) is 0 Å². The monoisotopic (exact) mass is 451 g/mol. The number of hydrogen-bond acceptors (Lipinski definition) is 2. The van der Waals surface area contributed by atoms with Gasteiger partial charge in [-0.25, -0.2) is 4.79 Å². The van der Waals surface area contributed by atoms with Gasteiger partial charge in [0.05, 0.1) is 0 Å². The maximum atomic E-state index is 10.0. The molecule has 92 valence electrons. The summed E-state index contributed by atoms with van der Waals surface area (Å²) in [5.41, 5.74) is 0.857. The van der Waals surface area contributed by atoms with Gasteiger partial charge in [0, 0.05) is 31.1 Å². The van der Waals surface area contributed by atoms with Gasteiger partial charge in [-0.15, -0.1) is 0 Å². The fourth-order valence-corrected chi connectivity index (χ4v) is 0.438. The number of aliphatic carboxylic acids is 1. The van der Waals surface area contributed by atoms with Gasteiger partial charge in [0.1, 0.15) is 5.76 Å². The Morgan fingerprint density at radius 3 is 2.06 bits per heavy atom. The first kappa shape index (κ1) is 24.7. The van der Waals surface area contributed by atoms with Gasteiger partial charge in [-0.2, -0.15) is 0 Å². The van der Waals surface area contributed by atoms with Crippen LogP contribution in [0.25, 0.3) is 0 Å². The molecule has 0 amide bonds. The Labute approximate surface area is 123 Å². The molecule has 0 saturated carbocycles. The zero-order chi connectivity index (χ0) is 11.6. The first-order valence-corrected chi connectivity index (χ1v) is 4.39. The summed E-state index contributed by atoms with van der Waals surface area (Å²) >= 11 is 0. The number of rotatable bonds is 5. The number of allylic oxidation sites excluding steroid dienone is 3. The molecule has 0 aromatic carbocycles. The number of ether oxygens (including phenoxy) is 1. The molecule has 4 heteroatoms. The van der Waals surface area contributed by atoms with E-state index in [0.29, 0.717) is 5.76 Å². The summed E-state index contributed by atoms with van der Waals surface area (Å²) in [7, 11) is 0. The predicted molar refractivity (Wildman–Crippen MR) is 64.4 cm³/mol. The fraction of sp³-hybridized carbons (Fsp3) is 0.333. The molecule has 0 unspecified atom stereocenters. The largest absolute Gasteiger partial charge is 0.483 e. The van der Waals surface area contributed by atoms with E-state index in [1.54, 1.807) is 12.2 Å². The average molecular weight is 451 g/mol. The van der Waals surface area contributed by atoms with Crippen molar-refractivity contribution < 1.29 is 45.8 Å². The van der Waals surface area contributed by atoms with Crippen LogP contribution in [-0.2, 0) is 9.53 Å². The second-order valence-electron chi connectivity index (χ2n) is 2.33. The van der Waals surface area contributed by atoms with Crippen LogP contribution in [0.2, 0.25) is 0 Å². The maximum absolute atomic E-state index is 10.0. The SMILES string of the molecule is C=C(C)/C=C\C(=C)OCC(=O)O.CC.[CH3-].[U]. The van der Waals surface area contributed by atoms with E-state index in [2.05, 4.69) is 13.2 Å². The topological polar surface area (TPSA) is 46.5 Å². The molecule has 0 aliphatic carbocycles. The van der Waals surface area contributed by atoms with E-state index < -0.39 is 5.97 Å². The zero-order valence-electron chi connectivity index (χ0n) is 10.5. The van der Waals surface area contributed by atoms with Gasteiger partial charge in [0.15, 0.2) is 6.61 Å². The fourth-order valence-electron chi connectivity index (χ4n) is 0.438. The van der Waals surface area contributed by atoms with Crippen molar-refractivity contribution in [3.05, 3.63) is 44.1 Å². The van der Waals surface area contributed by atoms with E-state index in [-0.39, 0.29) is 45.1 Å². The Bertz CT molecular complexity index is 232. The molecule has 0 radical (unpaired) electrons. The van der Waals surface area contributed by atoms with Crippen LogP contribution in [0.1, 0.15) is 20.8 Å². The molecular formula is C12H21O3U-. The van der Waals surface area contributed by atoms with Crippen molar-refractivity contribution in [2.45, 2.75) is 20.8 Å². The molecule has 0 spiro atoms. The maximum Gasteiger partial charge on any atom is 0.341 e. The van der Waals surface area contributed by atoms with E-state index in [0.717, 1.165) is 5.57 Å². The number of hydrogen-bond donors (Lipinski definition) is 1. The van der Waals surface area contributed by atoms with Crippen LogP contribution in [0.15, 0.2) is 36.6 Å². The van der Waals surface area contributed by atoms with Crippen LogP contribution >= 0.6 is 0 Å². The smallest absolute Gasteiger partial charge is 0.341 e. The Morgan fingerprint density at radius 1 is 1.31 bits per heavy atom. The third kappa shape index (κ3) is 23.4. The summed E-state index contributed by atoms with van der Waals surface area (Å²) in [6, 6.07) is 0. The molecule has 0 atom stereocenters. The summed E-state index contributed by atoms with van der Waals surface area (Å²) in [4.78, 5) is 10.0. The second-order valence-corrected chi connectivity index (χ2v) is 2.33. The molecule has 0 aliphatic rings. The average Bonchev–Trinajstić information content (AvgIpc) is 2.14. The van der Waals surface area contributed by atoms with Crippen molar-refractivity contribution in [1.29, 1.82) is 0 Å². The Balaban J connectivity index is -0.000000169. The van der Waals surface area contributed by atoms with Crippen molar-refractivity contribution >= 4 is 5.97 Å². The minimum Gasteiger partial charge on any atom is -0.483 e. The van der Waals surface area contributed by atoms with Crippen LogP contribution in [0.5, 0.6) is 0 Å². The quantitative estimate of drug-likeness (QED) is 0.397. The summed E-state index contributed by atoms with van der Waals surface area (Å²) in [5, 5.41) is 8.23. The molecule has 0 bridgehead atoms. The van der Waals surface area contributed by atoms with E-state index in [1.165, 1.54) is 0 Å². The summed E-state index contributed by atoms with van der Waals surface area (Å²) in [6.45, 7) is 12.6. The van der Waals surface area contributed by atoms with Gasteiger partial charge >= 0.3 is 5.97 Å². The zero-order valence-corrected chi connectivity index (χ0v) is 14.7. The Kier molecular flexibility index (Phi) is 26.1. The summed E-state index contributed by atoms with van der Waals surface area (Å²) in [5.74, 6) is -0.694. The van der Waals surface area contributed by atoms with Gasteiger partial charge in [-0.3, -0.25) is 0 Å². The Hall–Kier alpha value is -0.458. The minimum absolute atomic E-state index is 0. The van der Waals surface area contributed by atoms with E-state index in [9.17, 15) is 4.79 Å². The molecule has 0 rings (SSSR count). The predicted octanol–water partition coefficient (Wildman–Crippen LogP) is 3.21. The van der Waals surface area contributed by atoms with Crippen molar-refractivity contribution in [3.8, 4) is 0 Å². The van der Waals surface area contributed by atoms with Gasteiger partial charge in [-0.05, 0) is 13.0 Å². The summed E-state index contributed by atoms with van der Waals surface area (Å²) in [6.07, 6.45) is 3.27. The number of carboxylic acid groups (broad SMARTS) is 1. The van der Waals surface area contributed by atoms with Crippen LogP contribution in [0.3, 0.4) is 0 Å². The van der Waals surface area contributed by atoms with Crippen molar-refractivity contribution in [1.82, 2.24) is 0 Å². The van der Waals surface area contributed by atoms with Gasteiger partial charge in [0.25, 0.3) is 0 Å². The van der Waals surface area contributed by atoms with Crippen LogP contribution in [0.4, 0.5) is 0 Å². The van der Waals surface area contributed by atoms with Crippen LogP contribution < -0.4 is 0 Å². The van der Waals surface area contributed by atoms with Crippen molar-refractivity contribution in [2.24, 2.45) is 0 Å². The summed E-state index contributed by atoms with van der Waals surface area (Å²) < 4.78 is 4.73. The first-order chi connectivity index (χ1) is 6.52. The Morgan fingerprint density at radius 2 is 1.75 bits per heavy atom. The van der Waals surface area contributed by atoms with Gasteiger partial charge < -0.3 is 17.3 Å². The molecule has 16 heavy (non-hydrogen) atoms. The molecule has 0 heterocycles. The van der Waals surface area contributed by atoms with E-state index >= 15 is 0 Å². The van der Waals surface area contributed by atoms with Crippen LogP contribution in [-0.4, -0.2) is 17.7 Å². The number of carboxylic acids is 1. The van der Waals surface area contributed by atoms with Crippen molar-refractivity contribution in [2.75, 3.05) is 6.61 Å². The third-order valence-corrected chi connectivity index (χ3v) is 0.935. The normalized spacial score (nSPS) is 7.69. The second kappa shape index (κ2) is 17.0. The molecule has 1 N–H and O–H groups in total. The molecule has 3 nitrogen and oxygen atoms in total. The van der Waals surface area contributed by atoms with E-state index in [1.807, 2.05) is 20.8 Å². The molecule has 0 aromatic rings. The minimum atomic E-state index is -1.01. The standard InChI is InChI=1S/C9H12O3.C2H6.CH3.U/c1-7(2)4-5-8(3)12-6-9(10)11;1-2;;/h4-5H,1,3,6H2,2H3,(H,10,11);1-2H3;1H3;/q;;-1;/b5-4-;;;. The molecule has 0 aliphatic heterocycles. The van der Waals surface area contributed by atoms with E-state index in [4.69, 9.17) is 9.84 Å². The van der Waals surface area contributed by atoms with Crippen molar-refractivity contribution in [3.63, 3.8) is 0 Å². The van der Waals surface area contributed by atoms with Gasteiger partial charge in [-0.1, -0.05) is 38.7 Å². The third-order valence-electron chi connectivity index (χ3n) is 0.935. The molecule has 0 saturated heterocycles. The number of carbonyl (C=O) groups is 1. The first-order valence-electron chi connectivity index (χ1n) is 4.39. The molecule has 0 aromatic heterocycles. The molecular weight excluding hydrogens is 430 g/mol. The van der Waals surface area contributed by atoms with Crippen LogP contribution in [0, 0.1) is 38.5 Å². The molecule has 0 fully saturated rings.